The van der Waals surface area contributed by atoms with Gasteiger partial charge in [0.05, 0.1) is 12.7 Å². The third-order valence-corrected chi connectivity index (χ3v) is 2.01. The van der Waals surface area contributed by atoms with E-state index in [1.54, 1.807) is 31.4 Å². The molecule has 0 spiro atoms. The van der Waals surface area contributed by atoms with E-state index in [4.69, 9.17) is 9.47 Å². The monoisotopic (exact) mass is 220 g/mol. The Hall–Kier alpha value is -1.77. The van der Waals surface area contributed by atoms with Gasteiger partial charge in [-0.05, 0) is 38.1 Å². The maximum Gasteiger partial charge on any atom is 0.338 e. The number of ether oxygens (including phenoxy) is 2. The van der Waals surface area contributed by atoms with Gasteiger partial charge in [0.2, 0.25) is 0 Å². The molecule has 0 saturated carbocycles. The topological polar surface area (TPSA) is 35.5 Å². The zero-order chi connectivity index (χ0) is 12.0. The van der Waals surface area contributed by atoms with E-state index in [1.807, 2.05) is 19.9 Å². The van der Waals surface area contributed by atoms with E-state index in [2.05, 4.69) is 0 Å². The number of carbonyl (C=O) groups is 1. The van der Waals surface area contributed by atoms with E-state index in [1.165, 1.54) is 0 Å². The number of carbonyl (C=O) groups excluding carboxylic acids is 1. The highest BCUT2D eigenvalue weighted by Gasteiger charge is 2.06. The molecule has 0 aliphatic heterocycles. The standard InChI is InChI=1S/C13H16O3/c1-10(2)7-8-16-13(14)11-5-4-6-12(9-11)15-3/h4-7,9H,8H2,1-3H3. The maximum atomic E-state index is 11.6. The van der Waals surface area contributed by atoms with Gasteiger partial charge >= 0.3 is 5.97 Å². The van der Waals surface area contributed by atoms with Crippen LogP contribution in [0.5, 0.6) is 5.75 Å². The molecule has 0 atom stereocenters. The predicted molar refractivity (Wildman–Crippen MR) is 62.7 cm³/mol. The summed E-state index contributed by atoms with van der Waals surface area (Å²) in [4.78, 5) is 11.6. The van der Waals surface area contributed by atoms with Gasteiger partial charge in [-0.3, -0.25) is 0 Å². The first-order valence-corrected chi connectivity index (χ1v) is 5.08. The van der Waals surface area contributed by atoms with Crippen LogP contribution >= 0.6 is 0 Å². The first kappa shape index (κ1) is 12.3. The van der Waals surface area contributed by atoms with Crippen LogP contribution in [0, 0.1) is 0 Å². The second kappa shape index (κ2) is 5.95. The van der Waals surface area contributed by atoms with Crippen molar-refractivity contribution >= 4 is 5.97 Å². The van der Waals surface area contributed by atoms with Crippen molar-refractivity contribution in [3.8, 4) is 5.75 Å². The van der Waals surface area contributed by atoms with Gasteiger partial charge in [-0.2, -0.15) is 0 Å². The summed E-state index contributed by atoms with van der Waals surface area (Å²) in [7, 11) is 1.56. The highest BCUT2D eigenvalue weighted by Crippen LogP contribution is 2.13. The summed E-state index contributed by atoms with van der Waals surface area (Å²) < 4.78 is 10.1. The molecule has 0 unspecified atom stereocenters. The molecule has 0 aromatic heterocycles. The van der Waals surface area contributed by atoms with Crippen molar-refractivity contribution in [1.29, 1.82) is 0 Å². The average Bonchev–Trinajstić information content (AvgIpc) is 2.28. The molecule has 16 heavy (non-hydrogen) atoms. The number of methoxy groups -OCH3 is 1. The molecular formula is C13H16O3. The second-order valence-corrected chi connectivity index (χ2v) is 3.61. The molecule has 0 fully saturated rings. The first-order chi connectivity index (χ1) is 7.63. The Kier molecular flexibility index (Phi) is 4.58. The van der Waals surface area contributed by atoms with E-state index in [0.717, 1.165) is 5.57 Å². The minimum absolute atomic E-state index is 0.304. The fourth-order valence-corrected chi connectivity index (χ4v) is 1.12. The van der Waals surface area contributed by atoms with Crippen LogP contribution in [-0.4, -0.2) is 19.7 Å². The van der Waals surface area contributed by atoms with Gasteiger partial charge in [-0.15, -0.1) is 0 Å². The molecule has 3 nitrogen and oxygen atoms in total. The van der Waals surface area contributed by atoms with E-state index in [-0.39, 0.29) is 5.97 Å². The van der Waals surface area contributed by atoms with Crippen molar-refractivity contribution in [2.45, 2.75) is 13.8 Å². The Balaban J connectivity index is 2.62. The van der Waals surface area contributed by atoms with Crippen molar-refractivity contribution in [2.24, 2.45) is 0 Å². The zero-order valence-corrected chi connectivity index (χ0v) is 9.82. The number of rotatable bonds is 4. The van der Waals surface area contributed by atoms with Crippen LogP contribution in [0.25, 0.3) is 0 Å². The molecule has 0 aliphatic carbocycles. The zero-order valence-electron chi connectivity index (χ0n) is 9.82. The minimum atomic E-state index is -0.337. The summed E-state index contributed by atoms with van der Waals surface area (Å²) in [6.45, 7) is 4.22. The van der Waals surface area contributed by atoms with Gasteiger partial charge in [0.15, 0.2) is 0 Å². The van der Waals surface area contributed by atoms with Crippen LogP contribution in [0.1, 0.15) is 24.2 Å². The fraction of sp³-hybridized carbons (Fsp3) is 0.308. The van der Waals surface area contributed by atoms with Crippen molar-refractivity contribution in [3.05, 3.63) is 41.5 Å². The number of hydrogen-bond donors (Lipinski definition) is 0. The Bertz CT molecular complexity index is 390. The minimum Gasteiger partial charge on any atom is -0.497 e. The molecular weight excluding hydrogens is 204 g/mol. The summed E-state index contributed by atoms with van der Waals surface area (Å²) >= 11 is 0. The highest BCUT2D eigenvalue weighted by molar-refractivity contribution is 5.89. The third-order valence-electron chi connectivity index (χ3n) is 2.01. The number of esters is 1. The summed E-state index contributed by atoms with van der Waals surface area (Å²) in [5, 5.41) is 0. The van der Waals surface area contributed by atoms with Crippen molar-refractivity contribution < 1.29 is 14.3 Å². The van der Waals surface area contributed by atoms with Crippen LogP contribution < -0.4 is 4.74 Å². The molecule has 0 amide bonds. The molecule has 86 valence electrons. The maximum absolute atomic E-state index is 11.6. The number of allylic oxidation sites excluding steroid dienone is 1. The van der Waals surface area contributed by atoms with Crippen LogP contribution in [0.2, 0.25) is 0 Å². The first-order valence-electron chi connectivity index (χ1n) is 5.08. The molecule has 0 aliphatic rings. The quantitative estimate of drug-likeness (QED) is 0.578. The summed E-state index contributed by atoms with van der Waals surface area (Å²) in [6.07, 6.45) is 1.86. The van der Waals surface area contributed by atoms with Crippen molar-refractivity contribution in [3.63, 3.8) is 0 Å². The van der Waals surface area contributed by atoms with Gasteiger partial charge in [0.25, 0.3) is 0 Å². The van der Waals surface area contributed by atoms with E-state index >= 15 is 0 Å². The summed E-state index contributed by atoms with van der Waals surface area (Å²) in [5.41, 5.74) is 1.62. The Labute approximate surface area is 95.7 Å². The van der Waals surface area contributed by atoms with Gasteiger partial charge in [-0.25, -0.2) is 4.79 Å². The molecule has 1 rings (SSSR count). The summed E-state index contributed by atoms with van der Waals surface area (Å²) in [6, 6.07) is 6.90. The largest absolute Gasteiger partial charge is 0.497 e. The number of hydrogen-bond acceptors (Lipinski definition) is 3. The molecule has 3 heteroatoms. The smallest absolute Gasteiger partial charge is 0.338 e. The van der Waals surface area contributed by atoms with E-state index in [9.17, 15) is 4.79 Å². The molecule has 0 heterocycles. The van der Waals surface area contributed by atoms with Crippen LogP contribution in [0.15, 0.2) is 35.9 Å². The number of benzene rings is 1. The molecule has 1 aromatic carbocycles. The lowest BCUT2D eigenvalue weighted by atomic mass is 10.2. The lowest BCUT2D eigenvalue weighted by Gasteiger charge is -2.04. The van der Waals surface area contributed by atoms with Crippen LogP contribution in [0.4, 0.5) is 0 Å². The van der Waals surface area contributed by atoms with E-state index < -0.39 is 0 Å². The second-order valence-electron chi connectivity index (χ2n) is 3.61. The normalized spacial score (nSPS) is 9.44. The van der Waals surface area contributed by atoms with Crippen LogP contribution in [0.3, 0.4) is 0 Å². The molecule has 0 radical (unpaired) electrons. The predicted octanol–water partition coefficient (Wildman–Crippen LogP) is 2.82. The van der Waals surface area contributed by atoms with Gasteiger partial charge in [-0.1, -0.05) is 11.6 Å². The Morgan fingerprint density at radius 1 is 1.38 bits per heavy atom. The SMILES string of the molecule is COc1cccc(C(=O)OCC=C(C)C)c1. The van der Waals surface area contributed by atoms with Gasteiger partial charge in [0.1, 0.15) is 12.4 Å². The molecule has 0 saturated heterocycles. The Morgan fingerprint density at radius 2 is 2.12 bits per heavy atom. The lowest BCUT2D eigenvalue weighted by Crippen LogP contribution is -2.05. The third kappa shape index (κ3) is 3.77. The van der Waals surface area contributed by atoms with Crippen molar-refractivity contribution in [2.75, 3.05) is 13.7 Å². The van der Waals surface area contributed by atoms with Gasteiger partial charge in [0, 0.05) is 0 Å². The lowest BCUT2D eigenvalue weighted by molar-refractivity contribution is 0.0548. The molecule has 0 N–H and O–H groups in total. The summed E-state index contributed by atoms with van der Waals surface area (Å²) in [5.74, 6) is 0.313. The van der Waals surface area contributed by atoms with Crippen molar-refractivity contribution in [1.82, 2.24) is 0 Å². The van der Waals surface area contributed by atoms with Crippen LogP contribution in [-0.2, 0) is 4.74 Å². The highest BCUT2D eigenvalue weighted by atomic mass is 16.5. The van der Waals surface area contributed by atoms with Gasteiger partial charge < -0.3 is 9.47 Å². The fourth-order valence-electron chi connectivity index (χ4n) is 1.12. The molecule has 0 bridgehead atoms. The molecule has 1 aromatic rings. The average molecular weight is 220 g/mol. The van der Waals surface area contributed by atoms with E-state index in [0.29, 0.717) is 17.9 Å². The Morgan fingerprint density at radius 3 is 2.75 bits per heavy atom.